The van der Waals surface area contributed by atoms with E-state index in [0.29, 0.717) is 12.2 Å². The molecule has 3 aromatic carbocycles. The molecular formula is C25H23FN2OS. The highest BCUT2D eigenvalue weighted by molar-refractivity contribution is 7.99. The molecule has 1 heterocycles. The maximum absolute atomic E-state index is 13.1. The Labute approximate surface area is 181 Å². The van der Waals surface area contributed by atoms with Crippen LogP contribution >= 0.6 is 11.8 Å². The average Bonchev–Trinajstić information content (AvgIpc) is 3.13. The van der Waals surface area contributed by atoms with Gasteiger partial charge in [0.05, 0.1) is 18.2 Å². The van der Waals surface area contributed by atoms with Gasteiger partial charge in [0, 0.05) is 16.3 Å². The van der Waals surface area contributed by atoms with Crippen LogP contribution in [0.2, 0.25) is 0 Å². The molecule has 1 aliphatic rings. The minimum absolute atomic E-state index is 0.228. The average molecular weight is 419 g/mol. The summed E-state index contributed by atoms with van der Waals surface area (Å²) in [5.41, 5.74) is 3.47. The number of halogens is 1. The van der Waals surface area contributed by atoms with Crippen molar-refractivity contribution < 1.29 is 9.13 Å². The van der Waals surface area contributed by atoms with Crippen LogP contribution in [-0.2, 0) is 16.9 Å². The number of ether oxygens (including phenoxy) is 1. The standard InChI is InChI=1S/C25H23FN2OS/c1-28(2)14-13-25(24-12-3-18(16-27)15-19(24)17-29-25)20-4-8-22(9-5-20)30-23-10-6-21(26)7-11-23/h3-12,15H,13-14,17H2,1-2H3. The molecule has 3 nitrogen and oxygen atoms in total. The molecule has 5 heteroatoms. The van der Waals surface area contributed by atoms with Crippen LogP contribution in [0.1, 0.15) is 28.7 Å². The quantitative estimate of drug-likeness (QED) is 0.524. The highest BCUT2D eigenvalue weighted by Gasteiger charge is 2.41. The van der Waals surface area contributed by atoms with Crippen molar-refractivity contribution in [2.75, 3.05) is 20.6 Å². The summed E-state index contributed by atoms with van der Waals surface area (Å²) in [5.74, 6) is -0.228. The van der Waals surface area contributed by atoms with E-state index in [-0.39, 0.29) is 5.82 Å². The topological polar surface area (TPSA) is 36.3 Å². The van der Waals surface area contributed by atoms with Crippen LogP contribution in [0.4, 0.5) is 4.39 Å². The summed E-state index contributed by atoms with van der Waals surface area (Å²) in [7, 11) is 4.12. The second-order valence-electron chi connectivity index (χ2n) is 7.73. The Morgan fingerprint density at radius 3 is 2.33 bits per heavy atom. The largest absolute Gasteiger partial charge is 0.361 e. The van der Waals surface area contributed by atoms with Crippen molar-refractivity contribution in [3.63, 3.8) is 0 Å². The molecule has 0 spiro atoms. The minimum Gasteiger partial charge on any atom is -0.361 e. The molecule has 1 aliphatic heterocycles. The Hall–Kier alpha value is -2.65. The fourth-order valence-electron chi connectivity index (χ4n) is 3.86. The van der Waals surface area contributed by atoms with Gasteiger partial charge in [-0.25, -0.2) is 4.39 Å². The van der Waals surface area contributed by atoms with Crippen LogP contribution in [0.3, 0.4) is 0 Å². The van der Waals surface area contributed by atoms with E-state index in [2.05, 4.69) is 49.3 Å². The first-order valence-electron chi connectivity index (χ1n) is 9.86. The molecular weight excluding hydrogens is 395 g/mol. The van der Waals surface area contributed by atoms with Gasteiger partial charge in [-0.05, 0) is 85.7 Å². The van der Waals surface area contributed by atoms with Crippen molar-refractivity contribution in [2.45, 2.75) is 28.4 Å². The summed E-state index contributed by atoms with van der Waals surface area (Å²) in [6.45, 7) is 1.38. The molecule has 1 atom stereocenters. The molecule has 30 heavy (non-hydrogen) atoms. The van der Waals surface area contributed by atoms with E-state index in [1.807, 2.05) is 18.2 Å². The van der Waals surface area contributed by atoms with E-state index < -0.39 is 5.60 Å². The van der Waals surface area contributed by atoms with Gasteiger partial charge in [0.25, 0.3) is 0 Å². The third-order valence-electron chi connectivity index (χ3n) is 5.42. The monoisotopic (exact) mass is 418 g/mol. The molecule has 3 aromatic rings. The number of nitriles is 1. The van der Waals surface area contributed by atoms with Gasteiger partial charge in [-0.15, -0.1) is 0 Å². The molecule has 0 saturated carbocycles. The smallest absolute Gasteiger partial charge is 0.123 e. The lowest BCUT2D eigenvalue weighted by molar-refractivity contribution is -0.0156. The number of nitrogens with zero attached hydrogens (tertiary/aromatic N) is 2. The van der Waals surface area contributed by atoms with E-state index in [0.717, 1.165) is 39.4 Å². The molecule has 152 valence electrons. The Morgan fingerprint density at radius 2 is 1.70 bits per heavy atom. The Bertz CT molecular complexity index is 1070. The highest BCUT2D eigenvalue weighted by Crippen LogP contribution is 2.45. The Kier molecular flexibility index (Phi) is 5.92. The van der Waals surface area contributed by atoms with Gasteiger partial charge in [-0.3, -0.25) is 0 Å². The molecule has 0 bridgehead atoms. The Morgan fingerprint density at radius 1 is 1.03 bits per heavy atom. The van der Waals surface area contributed by atoms with Crippen LogP contribution in [-0.4, -0.2) is 25.5 Å². The van der Waals surface area contributed by atoms with Gasteiger partial charge in [-0.2, -0.15) is 5.26 Å². The van der Waals surface area contributed by atoms with E-state index in [1.54, 1.807) is 23.9 Å². The van der Waals surface area contributed by atoms with Crippen molar-refractivity contribution in [1.29, 1.82) is 5.26 Å². The molecule has 0 radical (unpaired) electrons. The number of rotatable bonds is 6. The number of benzene rings is 3. The van der Waals surface area contributed by atoms with Gasteiger partial charge in [0.2, 0.25) is 0 Å². The molecule has 0 N–H and O–H groups in total. The van der Waals surface area contributed by atoms with Crippen molar-refractivity contribution in [2.24, 2.45) is 0 Å². The van der Waals surface area contributed by atoms with Crippen LogP contribution in [0.15, 0.2) is 76.5 Å². The summed E-state index contributed by atoms with van der Waals surface area (Å²) in [4.78, 5) is 4.25. The fourth-order valence-corrected chi connectivity index (χ4v) is 4.67. The minimum atomic E-state index is -0.521. The zero-order chi connectivity index (χ0) is 21.1. The second kappa shape index (κ2) is 8.61. The maximum Gasteiger partial charge on any atom is 0.123 e. The number of hydrogen-bond donors (Lipinski definition) is 0. The summed E-state index contributed by atoms with van der Waals surface area (Å²) >= 11 is 1.60. The molecule has 0 amide bonds. The zero-order valence-electron chi connectivity index (χ0n) is 17.1. The fraction of sp³-hybridized carbons (Fsp3) is 0.240. The van der Waals surface area contributed by atoms with Gasteiger partial charge in [-0.1, -0.05) is 30.0 Å². The van der Waals surface area contributed by atoms with Crippen molar-refractivity contribution in [3.8, 4) is 6.07 Å². The first-order valence-corrected chi connectivity index (χ1v) is 10.7. The molecule has 0 aromatic heterocycles. The third-order valence-corrected chi connectivity index (χ3v) is 6.44. The van der Waals surface area contributed by atoms with E-state index in [4.69, 9.17) is 4.74 Å². The summed E-state index contributed by atoms with van der Waals surface area (Å²) < 4.78 is 19.6. The number of fused-ring (bicyclic) bond motifs is 1. The summed E-state index contributed by atoms with van der Waals surface area (Å²) in [5, 5.41) is 9.24. The molecule has 1 unspecified atom stereocenters. The van der Waals surface area contributed by atoms with E-state index >= 15 is 0 Å². The van der Waals surface area contributed by atoms with Crippen molar-refractivity contribution >= 4 is 11.8 Å². The maximum atomic E-state index is 13.1. The SMILES string of the molecule is CN(C)CCC1(c2ccc(Sc3ccc(F)cc3)cc2)OCc2cc(C#N)ccc21. The molecule has 4 rings (SSSR count). The number of hydrogen-bond acceptors (Lipinski definition) is 4. The van der Waals surface area contributed by atoms with Gasteiger partial charge in [0.1, 0.15) is 11.4 Å². The molecule has 0 saturated heterocycles. The van der Waals surface area contributed by atoms with Crippen molar-refractivity contribution in [3.05, 3.63) is 94.8 Å². The lowest BCUT2D eigenvalue weighted by Gasteiger charge is -2.32. The van der Waals surface area contributed by atoms with Gasteiger partial charge < -0.3 is 9.64 Å². The van der Waals surface area contributed by atoms with E-state index in [1.165, 1.54) is 12.1 Å². The second-order valence-corrected chi connectivity index (χ2v) is 8.88. The first-order chi connectivity index (χ1) is 14.5. The van der Waals surface area contributed by atoms with Gasteiger partial charge in [0.15, 0.2) is 0 Å². The normalized spacial score (nSPS) is 17.7. The van der Waals surface area contributed by atoms with Crippen LogP contribution in [0.25, 0.3) is 0 Å². The van der Waals surface area contributed by atoms with E-state index in [9.17, 15) is 9.65 Å². The first kappa shape index (κ1) is 20.6. The predicted octanol–water partition coefficient (Wildman–Crippen LogP) is 5.57. The van der Waals surface area contributed by atoms with Crippen LogP contribution in [0, 0.1) is 17.1 Å². The predicted molar refractivity (Wildman–Crippen MR) is 117 cm³/mol. The molecule has 0 aliphatic carbocycles. The van der Waals surface area contributed by atoms with Gasteiger partial charge >= 0.3 is 0 Å². The molecule has 0 fully saturated rings. The zero-order valence-corrected chi connectivity index (χ0v) is 17.9. The van der Waals surface area contributed by atoms with Crippen LogP contribution < -0.4 is 0 Å². The lowest BCUT2D eigenvalue weighted by atomic mass is 9.82. The van der Waals surface area contributed by atoms with Crippen molar-refractivity contribution in [1.82, 2.24) is 4.90 Å². The summed E-state index contributed by atoms with van der Waals surface area (Å²) in [6, 6.07) is 23.0. The Balaban J connectivity index is 1.66. The summed E-state index contributed by atoms with van der Waals surface area (Å²) in [6.07, 6.45) is 0.823. The lowest BCUT2D eigenvalue weighted by Crippen LogP contribution is -2.31. The third kappa shape index (κ3) is 4.13. The van der Waals surface area contributed by atoms with Crippen LogP contribution in [0.5, 0.6) is 0 Å². The highest BCUT2D eigenvalue weighted by atomic mass is 32.2.